The summed E-state index contributed by atoms with van der Waals surface area (Å²) in [6.45, 7) is 1.22. The summed E-state index contributed by atoms with van der Waals surface area (Å²) >= 11 is 0. The number of carbonyl (C=O) groups excluding carboxylic acids is 1. The molecular weight excluding hydrogens is 231 g/mol. The van der Waals surface area contributed by atoms with Gasteiger partial charge in [-0.05, 0) is 30.4 Å². The Bertz CT molecular complexity index is 473. The molecule has 1 saturated heterocycles. The second-order valence-electron chi connectivity index (χ2n) is 4.51. The minimum atomic E-state index is -0.167. The number of rotatable bonds is 2. The summed E-state index contributed by atoms with van der Waals surface area (Å²) in [7, 11) is 0. The fourth-order valence-corrected chi connectivity index (χ4v) is 2.43. The van der Waals surface area contributed by atoms with Crippen molar-refractivity contribution in [1.82, 2.24) is 4.90 Å². The first-order chi connectivity index (χ1) is 8.72. The Morgan fingerprint density at radius 2 is 2.06 bits per heavy atom. The van der Waals surface area contributed by atoms with Crippen molar-refractivity contribution >= 4 is 5.91 Å². The van der Waals surface area contributed by atoms with Crippen molar-refractivity contribution < 1.29 is 9.18 Å². The minimum absolute atomic E-state index is 0.0651. The van der Waals surface area contributed by atoms with E-state index in [-0.39, 0.29) is 24.1 Å². The lowest BCUT2D eigenvalue weighted by Crippen LogP contribution is -2.37. The molecule has 1 heterocycles. The normalized spacial score (nSPS) is 16.3. The topological polar surface area (TPSA) is 44.1 Å². The number of likely N-dealkylation sites (tertiary alicyclic amines) is 1. The van der Waals surface area contributed by atoms with Gasteiger partial charge in [0.1, 0.15) is 12.2 Å². The molecule has 0 bridgehead atoms. The maximum absolute atomic E-state index is 13.6. The van der Waals surface area contributed by atoms with E-state index in [9.17, 15) is 9.18 Å². The predicted octanol–water partition coefficient (Wildman–Crippen LogP) is 2.45. The first kappa shape index (κ1) is 12.6. The van der Waals surface area contributed by atoms with Crippen molar-refractivity contribution in [2.45, 2.75) is 25.2 Å². The second kappa shape index (κ2) is 5.63. The Labute approximate surface area is 106 Å². The minimum Gasteiger partial charge on any atom is -0.342 e. The smallest absolute Gasteiger partial charge is 0.236 e. The Morgan fingerprint density at radius 3 is 2.67 bits per heavy atom. The molecule has 0 atom stereocenters. The molecule has 0 spiro atoms. The molecule has 1 aliphatic rings. The van der Waals surface area contributed by atoms with E-state index in [0.717, 1.165) is 18.4 Å². The van der Waals surface area contributed by atoms with Crippen LogP contribution in [0.4, 0.5) is 4.39 Å². The molecule has 18 heavy (non-hydrogen) atoms. The molecular formula is C14H15FN2O. The van der Waals surface area contributed by atoms with Crippen LogP contribution in [0.5, 0.6) is 0 Å². The van der Waals surface area contributed by atoms with Gasteiger partial charge in [-0.15, -0.1) is 0 Å². The predicted molar refractivity (Wildman–Crippen MR) is 65.2 cm³/mol. The lowest BCUT2D eigenvalue weighted by atomic mass is 9.89. The molecule has 4 heteroatoms. The summed E-state index contributed by atoms with van der Waals surface area (Å²) in [5.41, 5.74) is 0.741. The maximum atomic E-state index is 13.6. The zero-order chi connectivity index (χ0) is 13.0. The number of benzene rings is 1. The van der Waals surface area contributed by atoms with Crippen LogP contribution in [0.3, 0.4) is 0 Å². The average molecular weight is 246 g/mol. The number of carbonyl (C=O) groups is 1. The molecule has 0 radical (unpaired) electrons. The molecule has 0 aliphatic carbocycles. The van der Waals surface area contributed by atoms with Crippen LogP contribution in [0.25, 0.3) is 0 Å². The van der Waals surface area contributed by atoms with E-state index in [0.29, 0.717) is 13.1 Å². The van der Waals surface area contributed by atoms with Crippen molar-refractivity contribution in [3.8, 4) is 6.07 Å². The molecule has 94 valence electrons. The number of nitrogens with zero attached hydrogens (tertiary/aromatic N) is 2. The summed E-state index contributed by atoms with van der Waals surface area (Å²) in [5.74, 6) is -0.110. The van der Waals surface area contributed by atoms with Crippen LogP contribution in [0.2, 0.25) is 0 Å². The molecule has 3 nitrogen and oxygen atoms in total. The quantitative estimate of drug-likeness (QED) is 0.804. The second-order valence-corrected chi connectivity index (χ2v) is 4.51. The lowest BCUT2D eigenvalue weighted by molar-refractivity contribution is -0.131. The molecule has 1 amide bonds. The van der Waals surface area contributed by atoms with Crippen molar-refractivity contribution in [2.75, 3.05) is 13.1 Å². The van der Waals surface area contributed by atoms with Crippen LogP contribution in [0.15, 0.2) is 24.3 Å². The van der Waals surface area contributed by atoms with Gasteiger partial charge in [0, 0.05) is 13.1 Å². The van der Waals surface area contributed by atoms with Gasteiger partial charge in [0.25, 0.3) is 0 Å². The van der Waals surface area contributed by atoms with Gasteiger partial charge in [0.15, 0.2) is 0 Å². The molecule has 0 unspecified atom stereocenters. The van der Waals surface area contributed by atoms with E-state index in [2.05, 4.69) is 0 Å². The Kier molecular flexibility index (Phi) is 3.93. The SMILES string of the molecule is N#CCC(=O)N1CCC(c2ccccc2F)CC1. The zero-order valence-electron chi connectivity index (χ0n) is 10.1. The van der Waals surface area contributed by atoms with Gasteiger partial charge in [0.05, 0.1) is 6.07 Å². The maximum Gasteiger partial charge on any atom is 0.236 e. The lowest BCUT2D eigenvalue weighted by Gasteiger charge is -2.31. The molecule has 2 rings (SSSR count). The zero-order valence-corrected chi connectivity index (χ0v) is 10.1. The number of piperidine rings is 1. The third-order valence-electron chi connectivity index (χ3n) is 3.42. The molecule has 1 aromatic carbocycles. The van der Waals surface area contributed by atoms with Gasteiger partial charge in [0.2, 0.25) is 5.91 Å². The average Bonchev–Trinajstić information content (AvgIpc) is 2.40. The van der Waals surface area contributed by atoms with Crippen LogP contribution in [0.1, 0.15) is 30.7 Å². The number of nitriles is 1. The number of halogens is 1. The van der Waals surface area contributed by atoms with E-state index in [1.54, 1.807) is 11.0 Å². The fourth-order valence-electron chi connectivity index (χ4n) is 2.43. The summed E-state index contributed by atoms with van der Waals surface area (Å²) in [6, 6.07) is 8.68. The van der Waals surface area contributed by atoms with Gasteiger partial charge in [-0.3, -0.25) is 4.79 Å². The first-order valence-electron chi connectivity index (χ1n) is 6.11. The van der Waals surface area contributed by atoms with Crippen LogP contribution in [0, 0.1) is 17.1 Å². The molecule has 0 aromatic heterocycles. The highest BCUT2D eigenvalue weighted by molar-refractivity contribution is 5.78. The molecule has 0 N–H and O–H groups in total. The summed E-state index contributed by atoms with van der Waals surface area (Å²) in [4.78, 5) is 13.2. The van der Waals surface area contributed by atoms with E-state index < -0.39 is 0 Å². The van der Waals surface area contributed by atoms with Gasteiger partial charge in [-0.25, -0.2) is 4.39 Å². The third-order valence-corrected chi connectivity index (χ3v) is 3.42. The van der Waals surface area contributed by atoms with Crippen LogP contribution < -0.4 is 0 Å². The highest BCUT2D eigenvalue weighted by atomic mass is 19.1. The van der Waals surface area contributed by atoms with Gasteiger partial charge >= 0.3 is 0 Å². The summed E-state index contributed by atoms with van der Waals surface area (Å²) in [6.07, 6.45) is 1.46. The largest absolute Gasteiger partial charge is 0.342 e. The number of amides is 1. The highest BCUT2D eigenvalue weighted by Gasteiger charge is 2.24. The molecule has 1 fully saturated rings. The third kappa shape index (κ3) is 2.67. The van der Waals surface area contributed by atoms with E-state index in [1.165, 1.54) is 6.07 Å². The summed E-state index contributed by atoms with van der Waals surface area (Å²) in [5, 5.41) is 8.49. The van der Waals surface area contributed by atoms with Crippen molar-refractivity contribution in [2.24, 2.45) is 0 Å². The monoisotopic (exact) mass is 246 g/mol. The van der Waals surface area contributed by atoms with Crippen molar-refractivity contribution in [3.63, 3.8) is 0 Å². The van der Waals surface area contributed by atoms with Crippen molar-refractivity contribution in [1.29, 1.82) is 5.26 Å². The first-order valence-corrected chi connectivity index (χ1v) is 6.11. The van der Waals surface area contributed by atoms with E-state index >= 15 is 0 Å². The Morgan fingerprint density at radius 1 is 1.39 bits per heavy atom. The number of hydrogen-bond acceptors (Lipinski definition) is 2. The van der Waals surface area contributed by atoms with Gasteiger partial charge in [-0.1, -0.05) is 18.2 Å². The molecule has 1 aromatic rings. The van der Waals surface area contributed by atoms with Crippen LogP contribution in [-0.4, -0.2) is 23.9 Å². The van der Waals surface area contributed by atoms with E-state index in [1.807, 2.05) is 18.2 Å². The van der Waals surface area contributed by atoms with Crippen LogP contribution in [-0.2, 0) is 4.79 Å². The van der Waals surface area contributed by atoms with Gasteiger partial charge < -0.3 is 4.90 Å². The van der Waals surface area contributed by atoms with Crippen molar-refractivity contribution in [3.05, 3.63) is 35.6 Å². The van der Waals surface area contributed by atoms with E-state index in [4.69, 9.17) is 5.26 Å². The van der Waals surface area contributed by atoms with Gasteiger partial charge in [-0.2, -0.15) is 5.26 Å². The Balaban J connectivity index is 1.97. The fraction of sp³-hybridized carbons (Fsp3) is 0.429. The molecule has 0 saturated carbocycles. The molecule has 1 aliphatic heterocycles. The number of hydrogen-bond donors (Lipinski definition) is 0. The van der Waals surface area contributed by atoms with Crippen LogP contribution >= 0.6 is 0 Å². The Hall–Kier alpha value is -1.89. The summed E-state index contributed by atoms with van der Waals surface area (Å²) < 4.78 is 13.6. The standard InChI is InChI=1S/C14H15FN2O/c15-13-4-2-1-3-12(13)11-6-9-17(10-7-11)14(18)5-8-16/h1-4,11H,5-7,9-10H2. The highest BCUT2D eigenvalue weighted by Crippen LogP contribution is 2.29.